The van der Waals surface area contributed by atoms with Crippen LogP contribution in [0.4, 0.5) is 34.1 Å². The summed E-state index contributed by atoms with van der Waals surface area (Å²) in [7, 11) is 0. The summed E-state index contributed by atoms with van der Waals surface area (Å²) in [5, 5.41) is 0. The molecule has 0 N–H and O–H groups in total. The van der Waals surface area contributed by atoms with Crippen LogP contribution >= 0.6 is 11.3 Å². The topological polar surface area (TPSA) is 6.48 Å². The third-order valence-corrected chi connectivity index (χ3v) is 10.4. The molecule has 5 aromatic carbocycles. The lowest BCUT2D eigenvalue weighted by Crippen LogP contribution is -2.15. The highest BCUT2D eigenvalue weighted by Gasteiger charge is 2.21. The monoisotopic (exact) mass is 686 g/mol. The molecule has 0 fully saturated rings. The molecule has 0 saturated heterocycles. The number of anilines is 6. The van der Waals surface area contributed by atoms with E-state index in [1.807, 2.05) is 11.3 Å². The molecule has 0 saturated carbocycles. The number of unbranched alkanes of at least 4 members (excludes halogenated alkanes) is 5. The maximum Gasteiger partial charge on any atom is 0.0541 e. The van der Waals surface area contributed by atoms with Crippen molar-refractivity contribution in [3.05, 3.63) is 172 Å². The quantitative estimate of drug-likeness (QED) is 0.0935. The van der Waals surface area contributed by atoms with E-state index < -0.39 is 0 Å². The van der Waals surface area contributed by atoms with Crippen LogP contribution in [-0.2, 0) is 6.42 Å². The first-order valence-electron chi connectivity index (χ1n) is 18.5. The zero-order valence-electron chi connectivity index (χ0n) is 30.3. The molecule has 0 aliphatic rings. The number of nitrogens with zero attached hydrogens (tertiary/aromatic N) is 2. The summed E-state index contributed by atoms with van der Waals surface area (Å²) in [4.78, 5) is 7.49. The van der Waals surface area contributed by atoms with E-state index in [4.69, 9.17) is 0 Å². The number of rotatable bonds is 16. The van der Waals surface area contributed by atoms with Crippen LogP contribution < -0.4 is 9.80 Å². The van der Waals surface area contributed by atoms with Crippen LogP contribution in [0, 0.1) is 6.92 Å². The van der Waals surface area contributed by atoms with Gasteiger partial charge in [-0.1, -0.05) is 130 Å². The van der Waals surface area contributed by atoms with E-state index in [1.54, 1.807) is 0 Å². The predicted octanol–water partition coefficient (Wildman–Crippen LogP) is 15.1. The molecule has 6 aromatic rings. The standard InChI is InChI=1S/C48H50N2S/c1-4-6-7-8-9-14-24-39-35-46(51-38(39)3)34-33-41-37-47(49(42-25-15-10-16-26-42)43-27-17-11-18-28-43)40(23-5-2)36-48(41)50(44-29-19-12-20-30-44)45-31-21-13-22-32-45/h5,10-13,15-23,25-37H,4,6-9,14,24H2,1-3H3/b23-5+,34-33+. The molecule has 0 atom stereocenters. The van der Waals surface area contributed by atoms with Gasteiger partial charge in [0.1, 0.15) is 0 Å². The van der Waals surface area contributed by atoms with Gasteiger partial charge in [0.15, 0.2) is 0 Å². The average molecular weight is 687 g/mol. The van der Waals surface area contributed by atoms with E-state index in [9.17, 15) is 0 Å². The lowest BCUT2D eigenvalue weighted by Gasteiger charge is -2.31. The lowest BCUT2D eigenvalue weighted by atomic mass is 10.0. The fraction of sp³-hybridized carbons (Fsp3) is 0.208. The molecule has 3 heteroatoms. The van der Waals surface area contributed by atoms with E-state index in [1.165, 1.54) is 53.8 Å². The number of hydrogen-bond donors (Lipinski definition) is 0. The predicted molar refractivity (Wildman–Crippen MR) is 226 cm³/mol. The van der Waals surface area contributed by atoms with Crippen LogP contribution in [0.15, 0.2) is 146 Å². The summed E-state index contributed by atoms with van der Waals surface area (Å²) in [6.07, 6.45) is 18.1. The van der Waals surface area contributed by atoms with Gasteiger partial charge in [-0.2, -0.15) is 0 Å². The zero-order chi connectivity index (χ0) is 35.3. The molecule has 0 radical (unpaired) electrons. The van der Waals surface area contributed by atoms with Crippen molar-refractivity contribution in [3.8, 4) is 0 Å². The van der Waals surface area contributed by atoms with Crippen LogP contribution in [0.2, 0.25) is 0 Å². The molecule has 0 spiro atoms. The molecule has 0 unspecified atom stereocenters. The zero-order valence-corrected chi connectivity index (χ0v) is 31.2. The molecule has 0 amide bonds. The number of hydrogen-bond acceptors (Lipinski definition) is 3. The molecular weight excluding hydrogens is 637 g/mol. The van der Waals surface area contributed by atoms with Crippen LogP contribution in [0.5, 0.6) is 0 Å². The van der Waals surface area contributed by atoms with Crippen molar-refractivity contribution in [2.24, 2.45) is 0 Å². The molecule has 0 bridgehead atoms. The third-order valence-electron chi connectivity index (χ3n) is 9.33. The maximum absolute atomic E-state index is 2.42. The fourth-order valence-electron chi connectivity index (χ4n) is 6.75. The van der Waals surface area contributed by atoms with Crippen molar-refractivity contribution in [1.29, 1.82) is 0 Å². The van der Waals surface area contributed by atoms with E-state index in [2.05, 4.69) is 194 Å². The van der Waals surface area contributed by atoms with Gasteiger partial charge >= 0.3 is 0 Å². The van der Waals surface area contributed by atoms with Crippen LogP contribution in [0.3, 0.4) is 0 Å². The average Bonchev–Trinajstić information content (AvgIpc) is 3.53. The lowest BCUT2D eigenvalue weighted by molar-refractivity contribution is 0.607. The summed E-state index contributed by atoms with van der Waals surface area (Å²) in [5.74, 6) is 0. The summed E-state index contributed by atoms with van der Waals surface area (Å²) >= 11 is 1.91. The van der Waals surface area contributed by atoms with Gasteiger partial charge in [0.05, 0.1) is 11.4 Å². The summed E-state index contributed by atoms with van der Waals surface area (Å²) in [6.45, 7) is 6.67. The van der Waals surface area contributed by atoms with Gasteiger partial charge in [0.25, 0.3) is 0 Å². The smallest absolute Gasteiger partial charge is 0.0541 e. The van der Waals surface area contributed by atoms with Gasteiger partial charge in [-0.25, -0.2) is 0 Å². The molecule has 51 heavy (non-hydrogen) atoms. The van der Waals surface area contributed by atoms with Crippen molar-refractivity contribution >= 4 is 63.7 Å². The van der Waals surface area contributed by atoms with E-state index >= 15 is 0 Å². The van der Waals surface area contributed by atoms with E-state index in [0.29, 0.717) is 0 Å². The number of para-hydroxylation sites is 4. The molecule has 0 aliphatic heterocycles. The minimum absolute atomic E-state index is 1.12. The van der Waals surface area contributed by atoms with Crippen LogP contribution in [-0.4, -0.2) is 0 Å². The van der Waals surface area contributed by atoms with Crippen LogP contribution in [0.1, 0.15) is 78.8 Å². The molecule has 0 aliphatic carbocycles. The van der Waals surface area contributed by atoms with E-state index in [0.717, 1.165) is 51.7 Å². The first-order chi connectivity index (χ1) is 25.2. The van der Waals surface area contributed by atoms with Crippen molar-refractivity contribution in [3.63, 3.8) is 0 Å². The summed E-state index contributed by atoms with van der Waals surface area (Å²) in [5.41, 5.74) is 10.5. The molecule has 1 heterocycles. The Bertz CT molecular complexity index is 1910. The number of thiophene rings is 1. The minimum atomic E-state index is 1.12. The van der Waals surface area contributed by atoms with Gasteiger partial charge in [-0.15, -0.1) is 11.3 Å². The highest BCUT2D eigenvalue weighted by Crippen LogP contribution is 2.44. The Morgan fingerprint density at radius 2 is 0.941 bits per heavy atom. The van der Waals surface area contributed by atoms with Crippen molar-refractivity contribution in [1.82, 2.24) is 0 Å². The molecule has 1 aromatic heterocycles. The van der Waals surface area contributed by atoms with Gasteiger partial charge < -0.3 is 9.80 Å². The second-order valence-corrected chi connectivity index (χ2v) is 14.4. The summed E-state index contributed by atoms with van der Waals surface area (Å²) in [6, 6.07) is 50.0. The fourth-order valence-corrected chi connectivity index (χ4v) is 7.73. The number of benzene rings is 5. The van der Waals surface area contributed by atoms with Crippen LogP contribution in [0.25, 0.3) is 18.2 Å². The Kier molecular flexibility index (Phi) is 12.7. The Labute approximate surface area is 310 Å². The van der Waals surface area contributed by atoms with E-state index in [-0.39, 0.29) is 0 Å². The van der Waals surface area contributed by atoms with Gasteiger partial charge in [0.2, 0.25) is 0 Å². The van der Waals surface area contributed by atoms with Gasteiger partial charge in [-0.05, 0) is 105 Å². The van der Waals surface area contributed by atoms with Crippen molar-refractivity contribution in [2.45, 2.75) is 65.7 Å². The second kappa shape index (κ2) is 18.2. The SMILES string of the molecule is C/C=C/c1cc(N(c2ccccc2)c2ccccc2)c(/C=C/c2cc(CCCCCCCC)c(C)s2)cc1N(c1ccccc1)c1ccccc1. The highest BCUT2D eigenvalue weighted by atomic mass is 32.1. The second-order valence-electron chi connectivity index (χ2n) is 13.1. The first kappa shape index (κ1) is 35.7. The number of allylic oxidation sites excluding steroid dienone is 1. The number of aryl methyl sites for hydroxylation is 2. The Balaban J connectivity index is 1.49. The maximum atomic E-state index is 2.42. The molecular formula is C48H50N2S. The summed E-state index contributed by atoms with van der Waals surface area (Å²) < 4.78 is 0. The van der Waals surface area contributed by atoms with Crippen molar-refractivity contribution < 1.29 is 0 Å². The molecule has 2 nitrogen and oxygen atoms in total. The van der Waals surface area contributed by atoms with Gasteiger partial charge in [-0.3, -0.25) is 0 Å². The Morgan fingerprint density at radius 3 is 1.39 bits per heavy atom. The molecule has 6 rings (SSSR count). The highest BCUT2D eigenvalue weighted by molar-refractivity contribution is 7.13. The van der Waals surface area contributed by atoms with Gasteiger partial charge in [0, 0.05) is 43.6 Å². The third kappa shape index (κ3) is 9.17. The van der Waals surface area contributed by atoms with Crippen molar-refractivity contribution in [2.75, 3.05) is 9.80 Å². The Hall–Kier alpha value is -5.12. The largest absolute Gasteiger partial charge is 0.310 e. The normalized spacial score (nSPS) is 11.4. The Morgan fingerprint density at radius 1 is 0.510 bits per heavy atom. The first-order valence-corrected chi connectivity index (χ1v) is 19.4. The molecule has 258 valence electrons. The minimum Gasteiger partial charge on any atom is -0.310 e.